The Morgan fingerprint density at radius 3 is 2.08 bits per heavy atom. The highest BCUT2D eigenvalue weighted by atomic mass is 19.1. The maximum Gasteiger partial charge on any atom is 0.250 e. The summed E-state index contributed by atoms with van der Waals surface area (Å²) < 4.78 is 13.3. The Morgan fingerprint density at radius 1 is 0.875 bits per heavy atom. The first-order valence-electron chi connectivity index (χ1n) is 14.8. The molecule has 0 aromatic heterocycles. The molecule has 1 spiro atoms. The first kappa shape index (κ1) is 25.5. The van der Waals surface area contributed by atoms with Gasteiger partial charge in [-0.2, -0.15) is 0 Å². The highest BCUT2D eigenvalue weighted by Gasteiger charge is 2.58. The number of nitrogens with one attached hydrogen (secondary N) is 1. The number of carbonyl (C=O) groups is 3. The van der Waals surface area contributed by atoms with Gasteiger partial charge in [-0.15, -0.1) is 0 Å². The summed E-state index contributed by atoms with van der Waals surface area (Å²) in [5, 5.41) is 2.78. The van der Waals surface area contributed by atoms with E-state index in [0.29, 0.717) is 61.9 Å². The third-order valence-corrected chi connectivity index (χ3v) is 10.4. The number of halogens is 1. The first-order chi connectivity index (χ1) is 19.3. The SMILES string of the molecule is O=C(CN1CN(c2ccccc2)C2(CCN(C(=O)C34CC5CC(CC(C5)C3)C4)CC2)C1=O)Nc1ccc(F)cc1. The van der Waals surface area contributed by atoms with E-state index in [1.807, 2.05) is 30.3 Å². The van der Waals surface area contributed by atoms with Gasteiger partial charge in [0.25, 0.3) is 5.91 Å². The van der Waals surface area contributed by atoms with Crippen LogP contribution in [0.4, 0.5) is 15.8 Å². The monoisotopic (exact) mass is 544 g/mol. The third-order valence-electron chi connectivity index (χ3n) is 10.4. The summed E-state index contributed by atoms with van der Waals surface area (Å²) in [7, 11) is 0. The second-order valence-electron chi connectivity index (χ2n) is 13.0. The van der Waals surface area contributed by atoms with Crippen LogP contribution in [0, 0.1) is 29.0 Å². The molecular formula is C32H37FN4O3. The molecule has 4 aliphatic carbocycles. The van der Waals surface area contributed by atoms with Crippen molar-refractivity contribution in [2.75, 3.05) is 36.5 Å². The summed E-state index contributed by atoms with van der Waals surface area (Å²) in [6.07, 6.45) is 8.16. The molecular weight excluding hydrogens is 507 g/mol. The largest absolute Gasteiger partial charge is 0.342 e. The number of amides is 3. The maximum atomic E-state index is 14.0. The molecule has 8 rings (SSSR count). The van der Waals surface area contributed by atoms with Crippen molar-refractivity contribution in [3.05, 3.63) is 60.4 Å². The average Bonchev–Trinajstić information content (AvgIpc) is 3.20. The minimum absolute atomic E-state index is 0.0625. The van der Waals surface area contributed by atoms with Crippen molar-refractivity contribution in [3.8, 4) is 0 Å². The van der Waals surface area contributed by atoms with Crippen LogP contribution in [0.1, 0.15) is 51.4 Å². The molecule has 40 heavy (non-hydrogen) atoms. The number of hydrogen-bond acceptors (Lipinski definition) is 4. The van der Waals surface area contributed by atoms with E-state index < -0.39 is 5.54 Å². The van der Waals surface area contributed by atoms with Gasteiger partial charge in [0.1, 0.15) is 17.9 Å². The van der Waals surface area contributed by atoms with Gasteiger partial charge in [0.05, 0.1) is 12.1 Å². The molecule has 0 atom stereocenters. The highest BCUT2D eigenvalue weighted by Crippen LogP contribution is 2.60. The highest BCUT2D eigenvalue weighted by molar-refractivity contribution is 5.99. The van der Waals surface area contributed by atoms with Crippen LogP contribution < -0.4 is 10.2 Å². The van der Waals surface area contributed by atoms with E-state index in [1.165, 1.54) is 43.5 Å². The van der Waals surface area contributed by atoms with Crippen molar-refractivity contribution in [3.63, 3.8) is 0 Å². The maximum absolute atomic E-state index is 14.0. The lowest BCUT2D eigenvalue weighted by atomic mass is 9.49. The van der Waals surface area contributed by atoms with E-state index in [2.05, 4.69) is 15.1 Å². The van der Waals surface area contributed by atoms with Crippen LogP contribution in [0.2, 0.25) is 0 Å². The Balaban J connectivity index is 1.08. The smallest absolute Gasteiger partial charge is 0.250 e. The molecule has 2 aromatic rings. The predicted molar refractivity (Wildman–Crippen MR) is 150 cm³/mol. The van der Waals surface area contributed by atoms with Gasteiger partial charge in [-0.25, -0.2) is 4.39 Å². The molecule has 1 N–H and O–H groups in total. The molecule has 2 saturated heterocycles. The van der Waals surface area contributed by atoms with Gasteiger partial charge in [0.2, 0.25) is 11.8 Å². The van der Waals surface area contributed by atoms with Crippen LogP contribution in [0.3, 0.4) is 0 Å². The van der Waals surface area contributed by atoms with Crippen molar-refractivity contribution in [2.24, 2.45) is 23.2 Å². The molecule has 7 nitrogen and oxygen atoms in total. The van der Waals surface area contributed by atoms with Gasteiger partial charge in [-0.05, 0) is 106 Å². The molecule has 2 aromatic carbocycles. The Kier molecular flexibility index (Phi) is 6.13. The van der Waals surface area contributed by atoms with Crippen LogP contribution in [-0.4, -0.2) is 59.4 Å². The van der Waals surface area contributed by atoms with Crippen molar-refractivity contribution in [2.45, 2.75) is 56.9 Å². The lowest BCUT2D eigenvalue weighted by molar-refractivity contribution is -0.160. The molecule has 4 bridgehead atoms. The third kappa shape index (κ3) is 4.27. The van der Waals surface area contributed by atoms with E-state index >= 15 is 0 Å². The summed E-state index contributed by atoms with van der Waals surface area (Å²) in [5.74, 6) is 1.71. The van der Waals surface area contributed by atoms with Gasteiger partial charge in [0, 0.05) is 24.5 Å². The second kappa shape index (κ2) is 9.60. The van der Waals surface area contributed by atoms with Gasteiger partial charge in [-0.1, -0.05) is 18.2 Å². The van der Waals surface area contributed by atoms with Crippen LogP contribution >= 0.6 is 0 Å². The van der Waals surface area contributed by atoms with Crippen molar-refractivity contribution < 1.29 is 18.8 Å². The Hall–Kier alpha value is -3.42. The molecule has 2 heterocycles. The molecule has 8 heteroatoms. The standard InChI is InChI=1S/C32H37FN4O3/c33-25-6-8-26(9-7-25)34-28(38)20-36-21-37(27-4-2-1-3-5-27)32(30(36)40)10-12-35(13-11-32)29(39)31-17-22-14-23(18-31)16-24(15-22)19-31/h1-9,22-24H,10-21H2,(H,34,38). The molecule has 0 radical (unpaired) electrons. The van der Waals surface area contributed by atoms with E-state index in [0.717, 1.165) is 24.9 Å². The lowest BCUT2D eigenvalue weighted by Gasteiger charge is -2.57. The minimum Gasteiger partial charge on any atom is -0.342 e. The van der Waals surface area contributed by atoms with Crippen molar-refractivity contribution in [1.29, 1.82) is 0 Å². The van der Waals surface area contributed by atoms with Crippen LogP contribution in [-0.2, 0) is 14.4 Å². The Bertz CT molecular complexity index is 1270. The van der Waals surface area contributed by atoms with E-state index in [4.69, 9.17) is 0 Å². The van der Waals surface area contributed by atoms with Gasteiger partial charge in [0.15, 0.2) is 0 Å². The number of benzene rings is 2. The lowest BCUT2D eigenvalue weighted by Crippen LogP contribution is -2.61. The summed E-state index contributed by atoms with van der Waals surface area (Å²) in [5.41, 5.74) is 0.473. The molecule has 2 aliphatic heterocycles. The second-order valence-corrected chi connectivity index (χ2v) is 13.0. The summed E-state index contributed by atoms with van der Waals surface area (Å²) in [6, 6.07) is 15.5. The fourth-order valence-corrected chi connectivity index (χ4v) is 9.02. The molecule has 3 amide bonds. The zero-order valence-electron chi connectivity index (χ0n) is 22.9. The average molecular weight is 545 g/mol. The van der Waals surface area contributed by atoms with Crippen molar-refractivity contribution in [1.82, 2.24) is 9.80 Å². The molecule has 210 valence electrons. The first-order valence-corrected chi connectivity index (χ1v) is 14.8. The molecule has 6 fully saturated rings. The molecule has 6 aliphatic rings. The van der Waals surface area contributed by atoms with E-state index in [1.54, 1.807) is 4.90 Å². The van der Waals surface area contributed by atoms with Crippen LogP contribution in [0.5, 0.6) is 0 Å². The van der Waals surface area contributed by atoms with E-state index in [9.17, 15) is 18.8 Å². The topological polar surface area (TPSA) is 73.0 Å². The van der Waals surface area contributed by atoms with Gasteiger partial charge in [-0.3, -0.25) is 14.4 Å². The normalized spacial score (nSPS) is 30.3. The van der Waals surface area contributed by atoms with Gasteiger partial charge >= 0.3 is 0 Å². The number of para-hydroxylation sites is 1. The molecule has 4 saturated carbocycles. The van der Waals surface area contributed by atoms with Gasteiger partial charge < -0.3 is 20.0 Å². The summed E-state index contributed by atoms with van der Waals surface area (Å²) in [6.45, 7) is 1.34. The number of hydrogen-bond donors (Lipinski definition) is 1. The Morgan fingerprint density at radius 2 is 1.48 bits per heavy atom. The number of anilines is 2. The number of rotatable bonds is 5. The number of carbonyl (C=O) groups excluding carboxylic acids is 3. The van der Waals surface area contributed by atoms with E-state index in [-0.39, 0.29) is 29.6 Å². The quantitative estimate of drug-likeness (QED) is 0.595. The van der Waals surface area contributed by atoms with Crippen LogP contribution in [0.25, 0.3) is 0 Å². The molecule has 0 unspecified atom stereocenters. The van der Waals surface area contributed by atoms with Crippen LogP contribution in [0.15, 0.2) is 54.6 Å². The summed E-state index contributed by atoms with van der Waals surface area (Å²) >= 11 is 0. The summed E-state index contributed by atoms with van der Waals surface area (Å²) in [4.78, 5) is 46.8. The fourth-order valence-electron chi connectivity index (χ4n) is 9.02. The fraction of sp³-hybridized carbons (Fsp3) is 0.531. The Labute approximate surface area is 234 Å². The number of piperidine rings is 1. The minimum atomic E-state index is -0.782. The van der Waals surface area contributed by atoms with Crippen molar-refractivity contribution >= 4 is 29.1 Å². The zero-order chi connectivity index (χ0) is 27.5. The predicted octanol–water partition coefficient (Wildman–Crippen LogP) is 4.65. The zero-order valence-corrected chi connectivity index (χ0v) is 22.9. The number of likely N-dealkylation sites (tertiary alicyclic amines) is 1. The number of nitrogens with zero attached hydrogens (tertiary/aromatic N) is 3.